The van der Waals surface area contributed by atoms with Crippen LogP contribution in [0.1, 0.15) is 19.3 Å². The number of amides is 1. The van der Waals surface area contributed by atoms with Crippen LogP contribution in [0.15, 0.2) is 5.10 Å². The first-order chi connectivity index (χ1) is 6.65. The quantitative estimate of drug-likeness (QED) is 0.636. The number of aliphatic hydroxyl groups excluding tert-OH is 1. The molecule has 0 saturated heterocycles. The summed E-state index contributed by atoms with van der Waals surface area (Å²) in [7, 11) is 0. The molecule has 1 amide bonds. The lowest BCUT2D eigenvalue weighted by Crippen LogP contribution is -2.35. The fourth-order valence-corrected chi connectivity index (χ4v) is 1.15. The standard InChI is InChI=1S/C8H12N2O4/c11-5-1-4-10-7(12)3-2-6(9-10)8(13)14/h11H,1-5H2,(H,13,14). The molecule has 0 saturated carbocycles. The van der Waals surface area contributed by atoms with Gasteiger partial charge in [-0.25, -0.2) is 9.80 Å². The van der Waals surface area contributed by atoms with Crippen LogP contribution in [0.4, 0.5) is 0 Å². The number of rotatable bonds is 4. The summed E-state index contributed by atoms with van der Waals surface area (Å²) < 4.78 is 0. The maximum absolute atomic E-state index is 11.2. The van der Waals surface area contributed by atoms with Gasteiger partial charge in [-0.2, -0.15) is 5.10 Å². The molecule has 0 atom stereocenters. The van der Waals surface area contributed by atoms with E-state index < -0.39 is 5.97 Å². The molecule has 1 heterocycles. The molecule has 0 spiro atoms. The van der Waals surface area contributed by atoms with Crippen molar-refractivity contribution < 1.29 is 19.8 Å². The highest BCUT2D eigenvalue weighted by molar-refractivity contribution is 6.36. The topological polar surface area (TPSA) is 90.2 Å². The summed E-state index contributed by atoms with van der Waals surface area (Å²) in [5, 5.41) is 22.0. The molecule has 14 heavy (non-hydrogen) atoms. The lowest BCUT2D eigenvalue weighted by Gasteiger charge is -2.21. The Hall–Kier alpha value is -1.43. The minimum atomic E-state index is -1.09. The van der Waals surface area contributed by atoms with Gasteiger partial charge >= 0.3 is 5.97 Å². The van der Waals surface area contributed by atoms with E-state index in [1.165, 1.54) is 0 Å². The average Bonchev–Trinajstić information content (AvgIpc) is 2.16. The first kappa shape index (κ1) is 10.6. The molecule has 0 fully saturated rings. The molecule has 0 bridgehead atoms. The molecule has 78 valence electrons. The molecular formula is C8H12N2O4. The van der Waals surface area contributed by atoms with Crippen LogP contribution in [0.5, 0.6) is 0 Å². The minimum Gasteiger partial charge on any atom is -0.477 e. The summed E-state index contributed by atoms with van der Waals surface area (Å²) in [6.45, 7) is 0.230. The predicted octanol–water partition coefficient (Wildman–Crippen LogP) is -0.568. The third-order valence-corrected chi connectivity index (χ3v) is 1.88. The Morgan fingerprint density at radius 2 is 2.21 bits per heavy atom. The van der Waals surface area contributed by atoms with Gasteiger partial charge in [0, 0.05) is 26.0 Å². The number of carbonyl (C=O) groups excluding carboxylic acids is 1. The van der Waals surface area contributed by atoms with Gasteiger partial charge in [0.1, 0.15) is 5.71 Å². The first-order valence-electron chi connectivity index (χ1n) is 4.37. The SMILES string of the molecule is O=C(O)C1=NN(CCCO)C(=O)CC1. The molecule has 1 aliphatic rings. The molecule has 0 aromatic heterocycles. The van der Waals surface area contributed by atoms with Gasteiger partial charge in [0.2, 0.25) is 5.91 Å². The first-order valence-corrected chi connectivity index (χ1v) is 4.37. The number of hydrogen-bond donors (Lipinski definition) is 2. The smallest absolute Gasteiger partial charge is 0.352 e. The van der Waals surface area contributed by atoms with Crippen LogP contribution in [-0.2, 0) is 9.59 Å². The van der Waals surface area contributed by atoms with Crippen molar-refractivity contribution in [3.8, 4) is 0 Å². The molecule has 6 heteroatoms. The van der Waals surface area contributed by atoms with Crippen molar-refractivity contribution in [2.45, 2.75) is 19.3 Å². The van der Waals surface area contributed by atoms with E-state index in [4.69, 9.17) is 10.2 Å². The van der Waals surface area contributed by atoms with E-state index in [0.717, 1.165) is 5.01 Å². The van der Waals surface area contributed by atoms with Crippen LogP contribution in [0, 0.1) is 0 Å². The average molecular weight is 200 g/mol. The summed E-state index contributed by atoms with van der Waals surface area (Å²) in [6, 6.07) is 0. The monoisotopic (exact) mass is 200 g/mol. The van der Waals surface area contributed by atoms with Crippen LogP contribution >= 0.6 is 0 Å². The molecule has 0 radical (unpaired) electrons. The van der Waals surface area contributed by atoms with Crippen molar-refractivity contribution in [2.75, 3.05) is 13.2 Å². The Balaban J connectivity index is 2.65. The molecule has 0 unspecified atom stereocenters. The summed E-state index contributed by atoms with van der Waals surface area (Å²) >= 11 is 0. The summed E-state index contributed by atoms with van der Waals surface area (Å²) in [5.41, 5.74) is 0.00235. The number of nitrogens with zero attached hydrogens (tertiary/aromatic N) is 2. The fourth-order valence-electron chi connectivity index (χ4n) is 1.15. The minimum absolute atomic E-state index is 0.00235. The van der Waals surface area contributed by atoms with Crippen molar-refractivity contribution >= 4 is 17.6 Å². The zero-order chi connectivity index (χ0) is 10.6. The van der Waals surface area contributed by atoms with E-state index in [9.17, 15) is 9.59 Å². The molecule has 1 rings (SSSR count). The number of carboxylic acid groups (broad SMARTS) is 1. The second kappa shape index (κ2) is 4.71. The van der Waals surface area contributed by atoms with Crippen LogP contribution in [0.25, 0.3) is 0 Å². The number of aliphatic hydroxyl groups is 1. The second-order valence-electron chi connectivity index (χ2n) is 2.95. The maximum atomic E-state index is 11.2. The molecule has 0 aromatic rings. The van der Waals surface area contributed by atoms with E-state index in [0.29, 0.717) is 6.42 Å². The molecule has 6 nitrogen and oxygen atoms in total. The number of hydrazone groups is 1. The van der Waals surface area contributed by atoms with Crippen molar-refractivity contribution in [1.29, 1.82) is 0 Å². The summed E-state index contributed by atoms with van der Waals surface area (Å²) in [6.07, 6.45) is 0.766. The van der Waals surface area contributed by atoms with Crippen molar-refractivity contribution in [3.05, 3.63) is 0 Å². The number of hydrogen-bond acceptors (Lipinski definition) is 4. The molecular weight excluding hydrogens is 188 g/mol. The molecule has 0 aromatic carbocycles. The zero-order valence-electron chi connectivity index (χ0n) is 7.64. The Bertz CT molecular complexity index is 275. The van der Waals surface area contributed by atoms with Gasteiger partial charge in [-0.3, -0.25) is 4.79 Å². The number of aliphatic carboxylic acids is 1. The largest absolute Gasteiger partial charge is 0.477 e. The van der Waals surface area contributed by atoms with Gasteiger partial charge in [0.15, 0.2) is 0 Å². The highest BCUT2D eigenvalue weighted by atomic mass is 16.4. The van der Waals surface area contributed by atoms with Gasteiger partial charge in [0.05, 0.1) is 0 Å². The molecule has 1 aliphatic heterocycles. The van der Waals surface area contributed by atoms with Gasteiger partial charge in [-0.05, 0) is 6.42 Å². The highest BCUT2D eigenvalue weighted by Crippen LogP contribution is 2.09. The van der Waals surface area contributed by atoms with E-state index in [1.807, 2.05) is 0 Å². The summed E-state index contributed by atoms with van der Waals surface area (Å²) in [5.74, 6) is -1.28. The van der Waals surface area contributed by atoms with E-state index >= 15 is 0 Å². The van der Waals surface area contributed by atoms with Crippen molar-refractivity contribution in [3.63, 3.8) is 0 Å². The Morgan fingerprint density at radius 1 is 1.50 bits per heavy atom. The van der Waals surface area contributed by atoms with Gasteiger partial charge in [-0.15, -0.1) is 0 Å². The Morgan fingerprint density at radius 3 is 2.79 bits per heavy atom. The maximum Gasteiger partial charge on any atom is 0.352 e. The number of carbonyl (C=O) groups is 2. The molecule has 0 aliphatic carbocycles. The van der Waals surface area contributed by atoms with Crippen LogP contribution in [0.2, 0.25) is 0 Å². The van der Waals surface area contributed by atoms with Gasteiger partial charge in [-0.1, -0.05) is 0 Å². The van der Waals surface area contributed by atoms with Gasteiger partial charge < -0.3 is 10.2 Å². The van der Waals surface area contributed by atoms with Crippen LogP contribution in [0.3, 0.4) is 0 Å². The normalized spacial score (nSPS) is 16.8. The second-order valence-corrected chi connectivity index (χ2v) is 2.95. The fraction of sp³-hybridized carbons (Fsp3) is 0.625. The van der Waals surface area contributed by atoms with Crippen molar-refractivity contribution in [1.82, 2.24) is 5.01 Å². The van der Waals surface area contributed by atoms with E-state index in [2.05, 4.69) is 5.10 Å². The molecule has 2 N–H and O–H groups in total. The third-order valence-electron chi connectivity index (χ3n) is 1.88. The zero-order valence-corrected chi connectivity index (χ0v) is 7.64. The van der Waals surface area contributed by atoms with Crippen LogP contribution < -0.4 is 0 Å². The third kappa shape index (κ3) is 2.53. The lowest BCUT2D eigenvalue weighted by atomic mass is 10.1. The number of carboxylic acids is 1. The van der Waals surface area contributed by atoms with Gasteiger partial charge in [0.25, 0.3) is 0 Å². The summed E-state index contributed by atoms with van der Waals surface area (Å²) in [4.78, 5) is 21.8. The lowest BCUT2D eigenvalue weighted by molar-refractivity contribution is -0.133. The van der Waals surface area contributed by atoms with E-state index in [-0.39, 0.29) is 37.6 Å². The van der Waals surface area contributed by atoms with Crippen molar-refractivity contribution in [2.24, 2.45) is 5.10 Å². The van der Waals surface area contributed by atoms with Crippen LogP contribution in [-0.4, -0.2) is 46.0 Å². The highest BCUT2D eigenvalue weighted by Gasteiger charge is 2.23. The van der Waals surface area contributed by atoms with E-state index in [1.54, 1.807) is 0 Å². The Kier molecular flexibility index (Phi) is 3.58. The Labute approximate surface area is 80.8 Å². The predicted molar refractivity (Wildman–Crippen MR) is 47.7 cm³/mol.